The molecule has 0 saturated carbocycles. The molecule has 2 unspecified atom stereocenters. The lowest BCUT2D eigenvalue weighted by molar-refractivity contribution is -0.141. The van der Waals surface area contributed by atoms with Crippen molar-refractivity contribution in [2.24, 2.45) is 0 Å². The Kier molecular flexibility index (Phi) is 10.5. The largest absolute Gasteiger partial charge is 0.480 e. The second-order valence-electron chi connectivity index (χ2n) is 18.3. The molecule has 0 aliphatic carbocycles. The average molecular weight is 959 g/mol. The summed E-state index contributed by atoms with van der Waals surface area (Å²) in [6.07, 6.45) is 0. The van der Waals surface area contributed by atoms with Crippen LogP contribution < -0.4 is 18.9 Å². The van der Waals surface area contributed by atoms with Crippen molar-refractivity contribution in [3.05, 3.63) is 166 Å². The number of carboxylic acid groups (broad SMARTS) is 2. The molecule has 2 aliphatic heterocycles. The fraction of sp³-hybridized carbons (Fsp3) is 0.138. The third-order valence-corrected chi connectivity index (χ3v) is 13.4. The summed E-state index contributed by atoms with van der Waals surface area (Å²) in [5.41, 5.74) is 3.50. The van der Waals surface area contributed by atoms with Gasteiger partial charge in [0.25, 0.3) is 23.6 Å². The number of hydrogen-bond donors (Lipinski definition) is 2. The number of carboxylic acids is 2. The number of aryl methyl sites for hydroxylation is 4. The van der Waals surface area contributed by atoms with Crippen LogP contribution in [0.15, 0.2) is 121 Å². The number of imide groups is 2. The van der Waals surface area contributed by atoms with Gasteiger partial charge in [-0.25, -0.2) is 9.59 Å². The molecule has 356 valence electrons. The molecule has 14 nitrogen and oxygen atoms in total. The summed E-state index contributed by atoms with van der Waals surface area (Å²) in [6, 6.07) is 31.3. The van der Waals surface area contributed by atoms with Crippen molar-refractivity contribution >= 4 is 78.7 Å². The Balaban J connectivity index is 1.41. The van der Waals surface area contributed by atoms with Gasteiger partial charge >= 0.3 is 11.9 Å². The minimum atomic E-state index is -1.59. The van der Waals surface area contributed by atoms with E-state index in [1.807, 2.05) is 76.2 Å². The Morgan fingerprint density at radius 2 is 0.569 bits per heavy atom. The van der Waals surface area contributed by atoms with E-state index in [9.17, 15) is 39.0 Å². The zero-order valence-electron chi connectivity index (χ0n) is 39.6. The van der Waals surface area contributed by atoms with Gasteiger partial charge < -0.3 is 29.2 Å². The van der Waals surface area contributed by atoms with Crippen LogP contribution in [0.5, 0.6) is 46.0 Å². The van der Waals surface area contributed by atoms with Gasteiger partial charge in [-0.15, -0.1) is 0 Å². The van der Waals surface area contributed by atoms with Gasteiger partial charge in [0, 0.05) is 43.1 Å². The normalized spacial score (nSPS) is 14.1. The molecule has 0 spiro atoms. The summed E-state index contributed by atoms with van der Waals surface area (Å²) >= 11 is 0. The van der Waals surface area contributed by atoms with Gasteiger partial charge in [-0.1, -0.05) is 70.8 Å². The van der Waals surface area contributed by atoms with Crippen LogP contribution in [0.25, 0.3) is 43.1 Å². The summed E-state index contributed by atoms with van der Waals surface area (Å²) in [6.45, 7) is 10.1. The number of amides is 4. The van der Waals surface area contributed by atoms with E-state index in [2.05, 4.69) is 0 Å². The maximum atomic E-state index is 15.0. The number of carbonyl (C=O) groups is 6. The number of nitrogens with zero attached hydrogens (tertiary/aromatic N) is 2. The van der Waals surface area contributed by atoms with Crippen LogP contribution in [0.3, 0.4) is 0 Å². The lowest BCUT2D eigenvalue weighted by Gasteiger charge is -2.34. The standard InChI is InChI=1S/C58H42N2O12/c1-27-7-15-33(16-8-27)69-41-23-37-45-38(54(62)59(53(37)61)31(5)57(65)66)25-43(71-35-19-11-29(3)12-20-35)49-50-44(72-36-21-13-30(4)14-22-36)26-40-46-39(55(63)60(56(40)64)32(6)58(67)68)24-42(48(52(46)50)47(41)51(45)49)70-34-17-9-28(2)10-18-34/h7-26,31-32H,1-6H3,(H,65,66)(H,67,68). The van der Waals surface area contributed by atoms with Gasteiger partial charge in [0.15, 0.2) is 0 Å². The van der Waals surface area contributed by atoms with Gasteiger partial charge in [0.2, 0.25) is 0 Å². The molecule has 14 heteroatoms. The number of benzene rings is 9. The number of rotatable bonds is 12. The zero-order chi connectivity index (χ0) is 50.6. The van der Waals surface area contributed by atoms with Gasteiger partial charge in [0.05, 0.1) is 22.3 Å². The predicted molar refractivity (Wildman–Crippen MR) is 268 cm³/mol. The molecule has 2 aliphatic rings. The highest BCUT2D eigenvalue weighted by Gasteiger charge is 2.44. The maximum Gasteiger partial charge on any atom is 0.326 e. The van der Waals surface area contributed by atoms with Crippen LogP contribution in [0, 0.1) is 27.7 Å². The van der Waals surface area contributed by atoms with Gasteiger partial charge in [-0.05, 0) is 114 Å². The molecule has 0 aromatic heterocycles. The molecular weight excluding hydrogens is 917 g/mol. The first-order valence-electron chi connectivity index (χ1n) is 23.0. The van der Waals surface area contributed by atoms with Crippen LogP contribution in [0.1, 0.15) is 77.5 Å². The highest BCUT2D eigenvalue weighted by atomic mass is 16.5. The van der Waals surface area contributed by atoms with E-state index in [1.54, 1.807) is 48.5 Å². The fourth-order valence-corrected chi connectivity index (χ4v) is 9.72. The minimum Gasteiger partial charge on any atom is -0.480 e. The van der Waals surface area contributed by atoms with E-state index in [1.165, 1.54) is 38.1 Å². The van der Waals surface area contributed by atoms with E-state index in [0.29, 0.717) is 32.8 Å². The molecule has 4 amide bonds. The SMILES string of the molecule is Cc1ccc(Oc2cc3c4c(cc(Oc5ccc(C)cc5)c5c6c(Oc7ccc(C)cc7)cc7c8c(cc(Oc9ccc(C)cc9)c(c2c45)c86)C(=O)N(C(C)C(=O)O)C7=O)C(=O)N(C(C)C(=O)O)C3=O)cc1. The topological polar surface area (TPSA) is 186 Å². The maximum absolute atomic E-state index is 15.0. The molecule has 0 bridgehead atoms. The predicted octanol–water partition coefficient (Wildman–Crippen LogP) is 12.3. The number of carbonyl (C=O) groups excluding carboxylic acids is 4. The summed E-state index contributed by atoms with van der Waals surface area (Å²) in [4.78, 5) is 86.6. The molecule has 9 aromatic carbocycles. The molecule has 2 atom stereocenters. The zero-order valence-corrected chi connectivity index (χ0v) is 39.6. The first-order chi connectivity index (χ1) is 34.5. The number of ether oxygens (including phenoxy) is 4. The van der Waals surface area contributed by atoms with E-state index < -0.39 is 47.7 Å². The van der Waals surface area contributed by atoms with Crippen molar-refractivity contribution in [2.75, 3.05) is 0 Å². The fourth-order valence-electron chi connectivity index (χ4n) is 9.72. The van der Waals surface area contributed by atoms with Crippen molar-refractivity contribution in [3.63, 3.8) is 0 Å². The third-order valence-electron chi connectivity index (χ3n) is 13.4. The highest BCUT2D eigenvalue weighted by molar-refractivity contribution is 6.45. The van der Waals surface area contributed by atoms with Crippen molar-refractivity contribution in [2.45, 2.75) is 53.6 Å². The van der Waals surface area contributed by atoms with Gasteiger partial charge in [-0.3, -0.25) is 29.0 Å². The molecule has 2 N–H and O–H groups in total. The molecule has 0 saturated heterocycles. The Morgan fingerprint density at radius 1 is 0.361 bits per heavy atom. The van der Waals surface area contributed by atoms with E-state index in [4.69, 9.17) is 18.9 Å². The molecular formula is C58H42N2O12. The van der Waals surface area contributed by atoms with Gasteiger partial charge in [-0.2, -0.15) is 0 Å². The van der Waals surface area contributed by atoms with E-state index >= 15 is 0 Å². The van der Waals surface area contributed by atoms with Crippen molar-refractivity contribution in [1.82, 2.24) is 9.80 Å². The Hall–Kier alpha value is -9.30. The van der Waals surface area contributed by atoms with Crippen molar-refractivity contribution in [3.8, 4) is 46.0 Å². The summed E-state index contributed by atoms with van der Waals surface area (Å²) in [5, 5.41) is 22.5. The molecule has 72 heavy (non-hydrogen) atoms. The molecule has 11 rings (SSSR count). The molecule has 0 fully saturated rings. The summed E-state index contributed by atoms with van der Waals surface area (Å²) in [7, 11) is 0. The lowest BCUT2D eigenvalue weighted by Crippen LogP contribution is -2.49. The number of hydrogen-bond acceptors (Lipinski definition) is 10. The number of aliphatic carboxylic acids is 2. The third kappa shape index (κ3) is 7.09. The number of fused-ring (bicyclic) bond motifs is 2. The monoisotopic (exact) mass is 958 g/mol. The highest BCUT2D eigenvalue weighted by Crippen LogP contribution is 2.58. The Bertz CT molecular complexity index is 3370. The van der Waals surface area contributed by atoms with Crippen LogP contribution in [-0.4, -0.2) is 67.7 Å². The first kappa shape index (κ1) is 45.2. The minimum absolute atomic E-state index is 0.0543. The summed E-state index contributed by atoms with van der Waals surface area (Å²) in [5.74, 6) is -4.81. The van der Waals surface area contributed by atoms with E-state index in [-0.39, 0.29) is 88.3 Å². The second-order valence-corrected chi connectivity index (χ2v) is 18.3. The summed E-state index contributed by atoms with van der Waals surface area (Å²) < 4.78 is 27.5. The van der Waals surface area contributed by atoms with Crippen LogP contribution in [0.4, 0.5) is 0 Å². The lowest BCUT2D eigenvalue weighted by atomic mass is 9.80. The molecule has 9 aromatic rings. The Labute approximate surface area is 410 Å². The smallest absolute Gasteiger partial charge is 0.326 e. The first-order valence-corrected chi connectivity index (χ1v) is 23.0. The second kappa shape index (κ2) is 16.7. The Morgan fingerprint density at radius 3 is 0.764 bits per heavy atom. The van der Waals surface area contributed by atoms with E-state index in [0.717, 1.165) is 22.3 Å². The van der Waals surface area contributed by atoms with Crippen molar-refractivity contribution < 1.29 is 57.9 Å². The van der Waals surface area contributed by atoms with Crippen LogP contribution in [-0.2, 0) is 9.59 Å². The quantitative estimate of drug-likeness (QED) is 0.0671. The van der Waals surface area contributed by atoms with Gasteiger partial charge in [0.1, 0.15) is 58.1 Å². The van der Waals surface area contributed by atoms with Crippen LogP contribution >= 0.6 is 0 Å². The average Bonchev–Trinajstić information content (AvgIpc) is 3.35. The van der Waals surface area contributed by atoms with Crippen LogP contribution in [0.2, 0.25) is 0 Å². The molecule has 0 radical (unpaired) electrons. The molecule has 2 heterocycles. The van der Waals surface area contributed by atoms with Crippen molar-refractivity contribution in [1.29, 1.82) is 0 Å².